The number of carbonyl (C=O) groups excluding carboxylic acids is 2. The van der Waals surface area contributed by atoms with E-state index in [0.717, 1.165) is 57.4 Å². The molecule has 198 valence electrons. The topological polar surface area (TPSA) is 76.0 Å². The first kappa shape index (κ1) is 26.1. The summed E-state index contributed by atoms with van der Waals surface area (Å²) in [5.41, 5.74) is 8.40. The Hall–Kier alpha value is -3.51. The molecule has 0 spiro atoms. The lowest BCUT2D eigenvalue weighted by Crippen LogP contribution is -2.29. The third kappa shape index (κ3) is 5.10. The van der Waals surface area contributed by atoms with Gasteiger partial charge in [-0.15, -0.1) is 0 Å². The van der Waals surface area contributed by atoms with E-state index in [4.69, 9.17) is 4.98 Å². The fraction of sp³-hybridized carbons (Fsp3) is 0.406. The average molecular weight is 511 g/mol. The maximum atomic E-state index is 13.7. The van der Waals surface area contributed by atoms with E-state index in [1.165, 1.54) is 12.8 Å². The summed E-state index contributed by atoms with van der Waals surface area (Å²) in [5, 5.41) is 7.57. The Bertz CT molecular complexity index is 1450. The van der Waals surface area contributed by atoms with Gasteiger partial charge in [-0.3, -0.25) is 14.6 Å². The van der Waals surface area contributed by atoms with Crippen molar-refractivity contribution in [3.8, 4) is 11.1 Å². The molecule has 1 unspecified atom stereocenters. The largest absolute Gasteiger partial charge is 0.348 e. The molecule has 2 N–H and O–H groups in total. The van der Waals surface area contributed by atoms with Gasteiger partial charge in [0.25, 0.3) is 5.91 Å². The van der Waals surface area contributed by atoms with Gasteiger partial charge >= 0.3 is 0 Å². The summed E-state index contributed by atoms with van der Waals surface area (Å²) in [6.07, 6.45) is 10.0. The number of Topliss-reactive ketones (excluding diaryl/α,β-unsaturated/α-hetero) is 1. The van der Waals surface area contributed by atoms with E-state index >= 15 is 0 Å². The van der Waals surface area contributed by atoms with Crippen molar-refractivity contribution in [3.05, 3.63) is 76.3 Å². The normalized spacial score (nSPS) is 18.3. The summed E-state index contributed by atoms with van der Waals surface area (Å²) >= 11 is 0. The first-order valence-corrected chi connectivity index (χ1v) is 13.8. The molecule has 6 heteroatoms. The third-order valence-electron chi connectivity index (χ3n) is 7.85. The predicted octanol–water partition coefficient (Wildman–Crippen LogP) is 6.37. The quantitative estimate of drug-likeness (QED) is 0.404. The van der Waals surface area contributed by atoms with E-state index in [0.29, 0.717) is 23.6 Å². The zero-order chi connectivity index (χ0) is 27.0. The number of benzene rings is 1. The Morgan fingerprint density at radius 1 is 1.16 bits per heavy atom. The van der Waals surface area contributed by atoms with E-state index in [1.807, 2.05) is 32.2 Å². The van der Waals surface area contributed by atoms with Crippen LogP contribution >= 0.6 is 0 Å². The van der Waals surface area contributed by atoms with E-state index in [9.17, 15) is 9.59 Å². The molecule has 3 heterocycles. The van der Waals surface area contributed by atoms with Gasteiger partial charge in [0, 0.05) is 65.0 Å². The molecule has 6 nitrogen and oxygen atoms in total. The SMILES string of the molecule is CC1=CC(C)=C(CNC(=O)c2cc(-c3ccc(C4CCCCN4)nc3)cc3c2c(C)cn3C(C)C)C(=O)C1. The number of aromatic nitrogens is 2. The molecule has 1 aliphatic heterocycles. The van der Waals surface area contributed by atoms with Gasteiger partial charge in [-0.1, -0.05) is 24.1 Å². The van der Waals surface area contributed by atoms with Crippen molar-refractivity contribution in [2.45, 2.75) is 72.4 Å². The summed E-state index contributed by atoms with van der Waals surface area (Å²) < 4.78 is 2.23. The zero-order valence-electron chi connectivity index (χ0n) is 23.1. The molecular weight excluding hydrogens is 472 g/mol. The number of nitrogens with one attached hydrogen (secondary N) is 2. The molecule has 0 radical (unpaired) electrons. The zero-order valence-corrected chi connectivity index (χ0v) is 23.1. The summed E-state index contributed by atoms with van der Waals surface area (Å²) in [6.45, 7) is 11.5. The van der Waals surface area contributed by atoms with Gasteiger partial charge in [-0.05, 0) is 88.9 Å². The molecule has 1 aliphatic carbocycles. The highest BCUT2D eigenvalue weighted by molar-refractivity contribution is 6.10. The molecular formula is C32H38N4O2. The standard InChI is InChI=1S/C32H38N4O2/c1-19(2)36-18-22(5)31-25(32(38)35-17-26-21(4)12-20(3)13-30(26)37)14-24(15-29(31)36)23-9-10-28(34-16-23)27-8-6-7-11-33-27/h9-10,12,14-16,18-19,27,33H,6-8,11,13,17H2,1-5H3,(H,35,38). The fourth-order valence-corrected chi connectivity index (χ4v) is 5.84. The number of piperidine rings is 1. The number of allylic oxidation sites excluding steroid dienone is 3. The number of pyridine rings is 1. The van der Waals surface area contributed by atoms with Crippen LogP contribution in [0, 0.1) is 6.92 Å². The number of hydrogen-bond donors (Lipinski definition) is 2. The van der Waals surface area contributed by atoms with Crippen molar-refractivity contribution in [3.63, 3.8) is 0 Å². The molecule has 1 aromatic carbocycles. The molecule has 2 aliphatic rings. The van der Waals surface area contributed by atoms with Crippen LogP contribution in [0.4, 0.5) is 0 Å². The van der Waals surface area contributed by atoms with Crippen molar-refractivity contribution in [2.24, 2.45) is 0 Å². The van der Waals surface area contributed by atoms with Crippen molar-refractivity contribution in [1.82, 2.24) is 20.2 Å². The van der Waals surface area contributed by atoms with Crippen LogP contribution in [-0.4, -0.2) is 34.3 Å². The molecule has 5 rings (SSSR count). The van der Waals surface area contributed by atoms with Gasteiger partial charge in [-0.2, -0.15) is 0 Å². The molecule has 1 fully saturated rings. The number of fused-ring (bicyclic) bond motifs is 1. The number of aryl methyl sites for hydroxylation is 1. The lowest BCUT2D eigenvalue weighted by molar-refractivity contribution is -0.115. The van der Waals surface area contributed by atoms with Gasteiger partial charge in [0.2, 0.25) is 0 Å². The van der Waals surface area contributed by atoms with Crippen LogP contribution in [0.25, 0.3) is 22.0 Å². The lowest BCUT2D eigenvalue weighted by atomic mass is 9.92. The molecule has 3 aromatic rings. The molecule has 38 heavy (non-hydrogen) atoms. The molecule has 0 bridgehead atoms. The van der Waals surface area contributed by atoms with Crippen molar-refractivity contribution in [2.75, 3.05) is 13.1 Å². The molecule has 1 amide bonds. The van der Waals surface area contributed by atoms with E-state index in [-0.39, 0.29) is 24.3 Å². The van der Waals surface area contributed by atoms with Crippen molar-refractivity contribution < 1.29 is 9.59 Å². The maximum absolute atomic E-state index is 13.7. The minimum atomic E-state index is -0.170. The molecule has 1 atom stereocenters. The first-order valence-electron chi connectivity index (χ1n) is 13.8. The van der Waals surface area contributed by atoms with Gasteiger partial charge in [0.05, 0.1) is 5.69 Å². The number of rotatable bonds is 6. The third-order valence-corrected chi connectivity index (χ3v) is 7.85. The Morgan fingerprint density at radius 2 is 1.97 bits per heavy atom. The van der Waals surface area contributed by atoms with E-state index < -0.39 is 0 Å². The predicted molar refractivity (Wildman–Crippen MR) is 153 cm³/mol. The summed E-state index contributed by atoms with van der Waals surface area (Å²) in [4.78, 5) is 31.1. The van der Waals surface area contributed by atoms with Crippen LogP contribution < -0.4 is 10.6 Å². The Morgan fingerprint density at radius 3 is 2.63 bits per heavy atom. The maximum Gasteiger partial charge on any atom is 0.252 e. The van der Waals surface area contributed by atoms with Crippen LogP contribution in [0.3, 0.4) is 0 Å². The highest BCUT2D eigenvalue weighted by Gasteiger charge is 2.22. The lowest BCUT2D eigenvalue weighted by Gasteiger charge is -2.23. The molecule has 0 saturated carbocycles. The Labute approximate surface area is 225 Å². The van der Waals surface area contributed by atoms with E-state index in [1.54, 1.807) is 0 Å². The van der Waals surface area contributed by atoms with Gasteiger partial charge in [0.15, 0.2) is 5.78 Å². The first-order chi connectivity index (χ1) is 18.2. The summed E-state index contributed by atoms with van der Waals surface area (Å²) in [5.74, 6) is -0.0840. The fourth-order valence-electron chi connectivity index (χ4n) is 5.84. The average Bonchev–Trinajstić information content (AvgIpc) is 3.24. The highest BCUT2D eigenvalue weighted by Crippen LogP contribution is 2.33. The second kappa shape index (κ2) is 10.7. The van der Waals surface area contributed by atoms with Crippen LogP contribution in [0.2, 0.25) is 0 Å². The number of ketones is 1. The summed E-state index contributed by atoms with van der Waals surface area (Å²) in [6, 6.07) is 8.91. The number of carbonyl (C=O) groups is 2. The van der Waals surface area contributed by atoms with E-state index in [2.05, 4.69) is 60.4 Å². The number of amides is 1. The van der Waals surface area contributed by atoms with Gasteiger partial charge in [-0.25, -0.2) is 0 Å². The number of nitrogens with zero attached hydrogens (tertiary/aromatic N) is 2. The monoisotopic (exact) mass is 510 g/mol. The Balaban J connectivity index is 1.51. The van der Waals surface area contributed by atoms with Gasteiger partial charge in [0.1, 0.15) is 0 Å². The van der Waals surface area contributed by atoms with Crippen LogP contribution in [-0.2, 0) is 4.79 Å². The molecule has 1 saturated heterocycles. The van der Waals surface area contributed by atoms with Gasteiger partial charge < -0.3 is 15.2 Å². The smallest absolute Gasteiger partial charge is 0.252 e. The molecule has 2 aromatic heterocycles. The number of hydrogen-bond acceptors (Lipinski definition) is 4. The second-order valence-electron chi connectivity index (χ2n) is 11.1. The highest BCUT2D eigenvalue weighted by atomic mass is 16.2. The summed E-state index contributed by atoms with van der Waals surface area (Å²) in [7, 11) is 0. The van der Waals surface area contributed by atoms with Crippen molar-refractivity contribution >= 4 is 22.6 Å². The minimum absolute atomic E-state index is 0.0856. The second-order valence-corrected chi connectivity index (χ2v) is 11.1. The van der Waals surface area contributed by atoms with Crippen LogP contribution in [0.1, 0.15) is 87.1 Å². The Kier molecular flexibility index (Phi) is 7.35. The van der Waals surface area contributed by atoms with Crippen molar-refractivity contribution in [1.29, 1.82) is 0 Å². The van der Waals surface area contributed by atoms with Crippen LogP contribution in [0.5, 0.6) is 0 Å². The minimum Gasteiger partial charge on any atom is -0.348 e. The van der Waals surface area contributed by atoms with Crippen LogP contribution in [0.15, 0.2) is 59.5 Å².